The summed E-state index contributed by atoms with van der Waals surface area (Å²) in [4.78, 5) is 11.9. The Balaban J connectivity index is 2.01. The van der Waals surface area contributed by atoms with Gasteiger partial charge in [-0.1, -0.05) is 5.92 Å². The second-order valence-electron chi connectivity index (χ2n) is 4.71. The third kappa shape index (κ3) is 3.83. The lowest BCUT2D eigenvalue weighted by atomic mass is 10.2. The predicted molar refractivity (Wildman–Crippen MR) is 75.5 cm³/mol. The van der Waals surface area contributed by atoms with Crippen LogP contribution in [0.15, 0.2) is 29.2 Å². The Morgan fingerprint density at radius 1 is 1.30 bits per heavy atom. The molecule has 1 fully saturated rings. The number of sulfonamides is 1. The quantitative estimate of drug-likeness (QED) is 0.759. The van der Waals surface area contributed by atoms with Crippen LogP contribution in [0.4, 0.5) is 0 Å². The van der Waals surface area contributed by atoms with Crippen molar-refractivity contribution in [3.8, 4) is 12.3 Å². The van der Waals surface area contributed by atoms with Crippen molar-refractivity contribution in [2.24, 2.45) is 5.92 Å². The van der Waals surface area contributed by atoms with Crippen LogP contribution < -0.4 is 10.0 Å². The molecule has 6 heteroatoms. The minimum atomic E-state index is -3.60. The van der Waals surface area contributed by atoms with Crippen LogP contribution in [0.3, 0.4) is 0 Å². The zero-order chi connectivity index (χ0) is 14.6. The third-order valence-corrected chi connectivity index (χ3v) is 4.46. The van der Waals surface area contributed by atoms with Crippen LogP contribution in [0, 0.1) is 18.3 Å². The monoisotopic (exact) mass is 292 g/mol. The van der Waals surface area contributed by atoms with Crippen molar-refractivity contribution < 1.29 is 13.2 Å². The Morgan fingerprint density at radius 2 is 1.95 bits per heavy atom. The maximum atomic E-state index is 11.8. The molecule has 0 unspecified atom stereocenters. The summed E-state index contributed by atoms with van der Waals surface area (Å²) in [5, 5.41) is 2.82. The molecule has 5 nitrogen and oxygen atoms in total. The molecule has 2 rings (SSSR count). The van der Waals surface area contributed by atoms with Crippen molar-refractivity contribution in [1.29, 1.82) is 0 Å². The lowest BCUT2D eigenvalue weighted by molar-refractivity contribution is 0.0951. The van der Waals surface area contributed by atoms with Gasteiger partial charge in [-0.3, -0.25) is 4.79 Å². The highest BCUT2D eigenvalue weighted by atomic mass is 32.2. The molecule has 1 aliphatic rings. The van der Waals surface area contributed by atoms with Gasteiger partial charge in [0.1, 0.15) is 0 Å². The lowest BCUT2D eigenvalue weighted by Crippen LogP contribution is -2.26. The molecule has 0 aromatic heterocycles. The standard InChI is InChI=1S/C14H16N2O3S/c1-2-9-16-20(18,19)13-7-5-12(6-8-13)14(17)15-10-11-3-4-11/h1,5-8,11,16H,3-4,9-10H2,(H,15,17). The molecule has 106 valence electrons. The molecular weight excluding hydrogens is 276 g/mol. The number of hydrogen-bond donors (Lipinski definition) is 2. The van der Waals surface area contributed by atoms with Gasteiger partial charge in [-0.05, 0) is 43.0 Å². The summed E-state index contributed by atoms with van der Waals surface area (Å²) in [6, 6.07) is 5.77. The summed E-state index contributed by atoms with van der Waals surface area (Å²) in [6.45, 7) is 0.620. The molecule has 1 saturated carbocycles. The SMILES string of the molecule is C#CCNS(=O)(=O)c1ccc(C(=O)NCC2CC2)cc1. The molecular formula is C14H16N2O3S. The number of benzene rings is 1. The van der Waals surface area contributed by atoms with E-state index in [1.54, 1.807) is 0 Å². The Labute approximate surface area is 118 Å². The molecule has 0 radical (unpaired) electrons. The van der Waals surface area contributed by atoms with Gasteiger partial charge >= 0.3 is 0 Å². The van der Waals surface area contributed by atoms with Gasteiger partial charge < -0.3 is 5.32 Å². The molecule has 20 heavy (non-hydrogen) atoms. The van der Waals surface area contributed by atoms with Gasteiger partial charge in [-0.15, -0.1) is 6.42 Å². The first-order valence-electron chi connectivity index (χ1n) is 6.34. The molecule has 0 heterocycles. The van der Waals surface area contributed by atoms with Crippen LogP contribution in [-0.4, -0.2) is 27.4 Å². The molecule has 0 bridgehead atoms. The number of nitrogens with one attached hydrogen (secondary N) is 2. The first kappa shape index (κ1) is 14.6. The van der Waals surface area contributed by atoms with E-state index in [2.05, 4.69) is 16.0 Å². The smallest absolute Gasteiger partial charge is 0.251 e. The Kier molecular flexibility index (Phi) is 4.42. The molecule has 0 saturated heterocycles. The summed E-state index contributed by atoms with van der Waals surface area (Å²) in [5.74, 6) is 2.62. The van der Waals surface area contributed by atoms with Crippen LogP contribution in [0.1, 0.15) is 23.2 Å². The van der Waals surface area contributed by atoms with Crippen LogP contribution >= 0.6 is 0 Å². The molecule has 0 atom stereocenters. The second kappa shape index (κ2) is 6.07. The third-order valence-electron chi connectivity index (χ3n) is 3.04. The van der Waals surface area contributed by atoms with Crippen LogP contribution in [0.25, 0.3) is 0 Å². The average Bonchev–Trinajstić information content (AvgIpc) is 3.27. The fraction of sp³-hybridized carbons (Fsp3) is 0.357. The average molecular weight is 292 g/mol. The van der Waals surface area contributed by atoms with E-state index in [4.69, 9.17) is 6.42 Å². The number of amides is 1. The predicted octanol–water partition coefficient (Wildman–Crippen LogP) is 0.738. The maximum Gasteiger partial charge on any atom is 0.251 e. The molecule has 1 amide bonds. The summed E-state index contributed by atoms with van der Waals surface area (Å²) < 4.78 is 25.8. The van der Waals surface area contributed by atoms with Gasteiger partial charge in [0.15, 0.2) is 0 Å². The number of hydrogen-bond acceptors (Lipinski definition) is 3. The fourth-order valence-electron chi connectivity index (χ4n) is 1.67. The largest absolute Gasteiger partial charge is 0.352 e. The summed E-state index contributed by atoms with van der Waals surface area (Å²) in [6.07, 6.45) is 7.34. The van der Waals surface area contributed by atoms with E-state index in [0.29, 0.717) is 18.0 Å². The Bertz CT molecular complexity index is 625. The summed E-state index contributed by atoms with van der Waals surface area (Å²) in [7, 11) is -3.60. The topological polar surface area (TPSA) is 75.3 Å². The number of terminal acetylenes is 1. The normalized spacial score (nSPS) is 14.6. The Morgan fingerprint density at radius 3 is 2.50 bits per heavy atom. The van der Waals surface area contributed by atoms with Gasteiger partial charge in [0.05, 0.1) is 11.4 Å². The van der Waals surface area contributed by atoms with E-state index in [9.17, 15) is 13.2 Å². The van der Waals surface area contributed by atoms with E-state index in [1.165, 1.54) is 24.3 Å². The maximum absolute atomic E-state index is 11.8. The van der Waals surface area contributed by atoms with E-state index in [-0.39, 0.29) is 17.3 Å². The van der Waals surface area contributed by atoms with Crippen molar-refractivity contribution in [2.75, 3.05) is 13.1 Å². The first-order chi connectivity index (χ1) is 9.53. The van der Waals surface area contributed by atoms with Gasteiger partial charge in [0.25, 0.3) is 5.91 Å². The van der Waals surface area contributed by atoms with E-state index in [1.807, 2.05) is 0 Å². The van der Waals surface area contributed by atoms with Gasteiger partial charge in [-0.2, -0.15) is 4.72 Å². The minimum absolute atomic E-state index is 0.0635. The molecule has 1 aromatic rings. The van der Waals surface area contributed by atoms with E-state index < -0.39 is 10.0 Å². The highest BCUT2D eigenvalue weighted by molar-refractivity contribution is 7.89. The van der Waals surface area contributed by atoms with Crippen molar-refractivity contribution >= 4 is 15.9 Å². The molecule has 1 aliphatic carbocycles. The molecule has 2 N–H and O–H groups in total. The van der Waals surface area contributed by atoms with Crippen LogP contribution in [0.5, 0.6) is 0 Å². The lowest BCUT2D eigenvalue weighted by Gasteiger charge is -2.06. The van der Waals surface area contributed by atoms with Gasteiger partial charge in [0, 0.05) is 12.1 Å². The molecule has 0 spiro atoms. The number of carbonyl (C=O) groups excluding carboxylic acids is 1. The minimum Gasteiger partial charge on any atom is -0.352 e. The van der Waals surface area contributed by atoms with Gasteiger partial charge in [-0.25, -0.2) is 8.42 Å². The molecule has 1 aromatic carbocycles. The van der Waals surface area contributed by atoms with Crippen molar-refractivity contribution in [1.82, 2.24) is 10.0 Å². The highest BCUT2D eigenvalue weighted by Crippen LogP contribution is 2.27. The fourth-order valence-corrected chi connectivity index (χ4v) is 2.60. The zero-order valence-electron chi connectivity index (χ0n) is 10.9. The van der Waals surface area contributed by atoms with Crippen molar-refractivity contribution in [3.63, 3.8) is 0 Å². The summed E-state index contributed by atoms with van der Waals surface area (Å²) in [5.41, 5.74) is 0.446. The second-order valence-corrected chi connectivity index (χ2v) is 6.47. The highest BCUT2D eigenvalue weighted by Gasteiger charge is 2.22. The molecule has 0 aliphatic heterocycles. The van der Waals surface area contributed by atoms with E-state index >= 15 is 0 Å². The Hall–Kier alpha value is -1.84. The van der Waals surface area contributed by atoms with Crippen molar-refractivity contribution in [3.05, 3.63) is 29.8 Å². The van der Waals surface area contributed by atoms with Gasteiger partial charge in [0.2, 0.25) is 10.0 Å². The first-order valence-corrected chi connectivity index (χ1v) is 7.82. The van der Waals surface area contributed by atoms with Crippen LogP contribution in [-0.2, 0) is 10.0 Å². The van der Waals surface area contributed by atoms with Crippen LogP contribution in [0.2, 0.25) is 0 Å². The summed E-state index contributed by atoms with van der Waals surface area (Å²) >= 11 is 0. The number of carbonyl (C=O) groups is 1. The zero-order valence-corrected chi connectivity index (χ0v) is 11.7. The van der Waals surface area contributed by atoms with E-state index in [0.717, 1.165) is 12.8 Å². The number of rotatable bonds is 6. The van der Waals surface area contributed by atoms with Crippen molar-refractivity contribution in [2.45, 2.75) is 17.7 Å².